The van der Waals surface area contributed by atoms with E-state index in [0.29, 0.717) is 57.9 Å². The molecule has 1 aromatic carbocycles. The molecule has 0 saturated carbocycles. The minimum atomic E-state index is -3.72. The van der Waals surface area contributed by atoms with Crippen molar-refractivity contribution in [1.29, 1.82) is 0 Å². The topological polar surface area (TPSA) is 103 Å². The highest BCUT2D eigenvalue weighted by molar-refractivity contribution is 7.89. The van der Waals surface area contributed by atoms with Crippen LogP contribution in [0.15, 0.2) is 52.4 Å². The van der Waals surface area contributed by atoms with Gasteiger partial charge in [0, 0.05) is 51.5 Å². The largest absolute Gasteiger partial charge is 0.357 e. The third kappa shape index (κ3) is 5.52. The van der Waals surface area contributed by atoms with Gasteiger partial charge < -0.3 is 9.80 Å². The summed E-state index contributed by atoms with van der Waals surface area (Å²) < 4.78 is 68.0. The summed E-state index contributed by atoms with van der Waals surface area (Å²) >= 11 is 0. The van der Waals surface area contributed by atoms with Crippen molar-refractivity contribution in [3.05, 3.63) is 48.4 Å². The molecule has 9 nitrogen and oxygen atoms in total. The van der Waals surface area contributed by atoms with Crippen LogP contribution in [0.3, 0.4) is 0 Å². The van der Waals surface area contributed by atoms with Gasteiger partial charge in [0.25, 0.3) is 0 Å². The molecule has 12 heteroatoms. The number of pyridine rings is 1. The minimum absolute atomic E-state index is 0.0325. The smallest absolute Gasteiger partial charge is 0.244 e. The first kappa shape index (κ1) is 24.0. The lowest BCUT2D eigenvalue weighted by Crippen LogP contribution is -2.47. The lowest BCUT2D eigenvalue weighted by Gasteiger charge is -2.33. The number of likely N-dealkylation sites (N-methyl/N-ethyl adjacent to an activating group) is 1. The molecule has 0 radical (unpaired) electrons. The fourth-order valence-corrected chi connectivity index (χ4v) is 6.69. The Balaban J connectivity index is 1.35. The molecule has 2 saturated heterocycles. The molecule has 33 heavy (non-hydrogen) atoms. The van der Waals surface area contributed by atoms with Crippen molar-refractivity contribution in [1.82, 2.24) is 18.9 Å². The molecule has 2 aromatic rings. The van der Waals surface area contributed by atoms with Crippen molar-refractivity contribution >= 4 is 25.9 Å². The number of nitrogens with zero attached hydrogens (tertiary/aromatic N) is 4. The fraction of sp³-hybridized carbons (Fsp3) is 0.476. The van der Waals surface area contributed by atoms with Crippen LogP contribution in [0, 0.1) is 5.82 Å². The van der Waals surface area contributed by atoms with Gasteiger partial charge >= 0.3 is 0 Å². The fourth-order valence-electron chi connectivity index (χ4n) is 4.02. The molecule has 4 rings (SSSR count). The van der Waals surface area contributed by atoms with Gasteiger partial charge in [-0.05, 0) is 56.3 Å². The van der Waals surface area contributed by atoms with Crippen molar-refractivity contribution in [3.63, 3.8) is 0 Å². The first-order valence-corrected chi connectivity index (χ1v) is 13.7. The highest BCUT2D eigenvalue weighted by Crippen LogP contribution is 2.23. The van der Waals surface area contributed by atoms with Crippen molar-refractivity contribution in [3.8, 4) is 0 Å². The summed E-state index contributed by atoms with van der Waals surface area (Å²) in [4.78, 5) is 8.68. The van der Waals surface area contributed by atoms with Crippen LogP contribution < -0.4 is 9.62 Å². The second-order valence-electron chi connectivity index (χ2n) is 8.40. The Morgan fingerprint density at radius 1 is 0.879 bits per heavy atom. The number of halogens is 1. The van der Waals surface area contributed by atoms with Crippen molar-refractivity contribution in [2.24, 2.45) is 0 Å². The van der Waals surface area contributed by atoms with E-state index in [2.05, 4.69) is 14.6 Å². The summed E-state index contributed by atoms with van der Waals surface area (Å²) in [6, 6.07) is 7.77. The van der Waals surface area contributed by atoms with Crippen LogP contribution in [0.1, 0.15) is 12.8 Å². The molecule has 3 heterocycles. The van der Waals surface area contributed by atoms with Gasteiger partial charge in [0.2, 0.25) is 20.0 Å². The van der Waals surface area contributed by atoms with Gasteiger partial charge in [-0.2, -0.15) is 4.31 Å². The number of piperazine rings is 1. The first-order valence-electron chi connectivity index (χ1n) is 10.8. The Kier molecular flexibility index (Phi) is 7.01. The molecule has 0 aliphatic carbocycles. The Morgan fingerprint density at radius 2 is 1.48 bits per heavy atom. The monoisotopic (exact) mass is 497 g/mol. The van der Waals surface area contributed by atoms with E-state index in [0.717, 1.165) is 12.1 Å². The average molecular weight is 498 g/mol. The van der Waals surface area contributed by atoms with Gasteiger partial charge in [-0.1, -0.05) is 0 Å². The van der Waals surface area contributed by atoms with E-state index < -0.39 is 25.9 Å². The zero-order valence-corrected chi connectivity index (χ0v) is 20.0. The van der Waals surface area contributed by atoms with Crippen LogP contribution in [0.4, 0.5) is 10.2 Å². The van der Waals surface area contributed by atoms with Crippen LogP contribution in [0.5, 0.6) is 0 Å². The van der Waals surface area contributed by atoms with Gasteiger partial charge in [0.1, 0.15) is 16.5 Å². The Bertz CT molecular complexity index is 1160. The van der Waals surface area contributed by atoms with Crippen LogP contribution in [-0.2, 0) is 20.0 Å². The Hall–Kier alpha value is -2.12. The third-order valence-corrected chi connectivity index (χ3v) is 9.50. The minimum Gasteiger partial charge on any atom is -0.357 e. The number of rotatable bonds is 6. The van der Waals surface area contributed by atoms with E-state index >= 15 is 0 Å². The lowest BCUT2D eigenvalue weighted by molar-refractivity contribution is 0.222. The molecule has 2 fully saturated rings. The maximum Gasteiger partial charge on any atom is 0.244 e. The van der Waals surface area contributed by atoms with E-state index in [9.17, 15) is 21.2 Å². The summed E-state index contributed by atoms with van der Waals surface area (Å²) in [5.74, 6) is 0.171. The third-order valence-electron chi connectivity index (χ3n) is 6.09. The van der Waals surface area contributed by atoms with Crippen LogP contribution in [0.2, 0.25) is 0 Å². The van der Waals surface area contributed by atoms with E-state index in [-0.39, 0.29) is 15.8 Å². The zero-order valence-electron chi connectivity index (χ0n) is 18.4. The molecule has 180 valence electrons. The standard InChI is InChI=1S/C21H28FN5O4S2/c1-25-12-14-27(15-13-25)33(30,31)20-6-7-21(23-16-20)26-10-8-18(9-11-26)24-32(28,29)19-4-2-17(22)3-5-19/h2-7,16,18,24H,8-15H2,1H3. The molecule has 1 aromatic heterocycles. The summed E-state index contributed by atoms with van der Waals surface area (Å²) in [6.07, 6.45) is 2.54. The number of benzene rings is 1. The highest BCUT2D eigenvalue weighted by atomic mass is 32.2. The average Bonchev–Trinajstić information content (AvgIpc) is 2.80. The zero-order chi connectivity index (χ0) is 23.6. The molecule has 0 bridgehead atoms. The number of anilines is 1. The maximum atomic E-state index is 13.1. The second-order valence-corrected chi connectivity index (χ2v) is 12.0. The molecule has 0 unspecified atom stereocenters. The first-order chi connectivity index (χ1) is 15.6. The van der Waals surface area contributed by atoms with Crippen molar-refractivity contribution in [2.75, 3.05) is 51.2 Å². The molecule has 0 amide bonds. The summed E-state index contributed by atoms with van der Waals surface area (Å²) in [5.41, 5.74) is 0. The predicted octanol–water partition coefficient (Wildman–Crippen LogP) is 1.10. The molecular weight excluding hydrogens is 469 g/mol. The number of nitrogens with one attached hydrogen (secondary N) is 1. The molecule has 0 spiro atoms. The van der Waals surface area contributed by atoms with E-state index in [1.165, 1.54) is 22.6 Å². The van der Waals surface area contributed by atoms with Gasteiger partial charge in [0.05, 0.1) is 4.90 Å². The van der Waals surface area contributed by atoms with E-state index in [4.69, 9.17) is 0 Å². The normalized spacial score (nSPS) is 19.6. The van der Waals surface area contributed by atoms with Crippen molar-refractivity contribution < 1.29 is 21.2 Å². The lowest BCUT2D eigenvalue weighted by atomic mass is 10.1. The maximum absolute atomic E-state index is 13.1. The molecule has 1 N–H and O–H groups in total. The van der Waals surface area contributed by atoms with Crippen molar-refractivity contribution in [2.45, 2.75) is 28.7 Å². The number of sulfonamides is 2. The predicted molar refractivity (Wildman–Crippen MR) is 122 cm³/mol. The Labute approximate surface area is 194 Å². The van der Waals surface area contributed by atoms with E-state index in [1.807, 2.05) is 11.9 Å². The van der Waals surface area contributed by atoms with Crippen LogP contribution >= 0.6 is 0 Å². The number of aromatic nitrogens is 1. The number of hydrogen-bond acceptors (Lipinski definition) is 7. The van der Waals surface area contributed by atoms with Gasteiger partial charge in [-0.15, -0.1) is 0 Å². The second kappa shape index (κ2) is 9.63. The van der Waals surface area contributed by atoms with Gasteiger partial charge in [-0.3, -0.25) is 0 Å². The summed E-state index contributed by atoms with van der Waals surface area (Å²) in [7, 11) is -5.32. The molecular formula is C21H28FN5O4S2. The summed E-state index contributed by atoms with van der Waals surface area (Å²) in [5, 5.41) is 0. The van der Waals surface area contributed by atoms with Gasteiger partial charge in [-0.25, -0.2) is 30.9 Å². The number of hydrogen-bond donors (Lipinski definition) is 1. The van der Waals surface area contributed by atoms with Gasteiger partial charge in [0.15, 0.2) is 0 Å². The highest BCUT2D eigenvalue weighted by Gasteiger charge is 2.29. The van der Waals surface area contributed by atoms with Crippen LogP contribution in [-0.4, -0.2) is 83.4 Å². The SMILES string of the molecule is CN1CCN(S(=O)(=O)c2ccc(N3CCC(NS(=O)(=O)c4ccc(F)cc4)CC3)nc2)CC1. The summed E-state index contributed by atoms with van der Waals surface area (Å²) in [6.45, 7) is 3.47. The quantitative estimate of drug-likeness (QED) is 0.638. The van der Waals surface area contributed by atoms with E-state index in [1.54, 1.807) is 12.1 Å². The molecule has 0 atom stereocenters. The molecule has 2 aliphatic heterocycles. The van der Waals surface area contributed by atoms with Crippen LogP contribution in [0.25, 0.3) is 0 Å². The molecule has 2 aliphatic rings. The Morgan fingerprint density at radius 3 is 2.06 bits per heavy atom. The number of piperidine rings is 1.